The summed E-state index contributed by atoms with van der Waals surface area (Å²) in [6.07, 6.45) is 0.836. The van der Waals surface area contributed by atoms with Crippen LogP contribution in [-0.4, -0.2) is 55.9 Å². The zero-order valence-electron chi connectivity index (χ0n) is 30.5. The highest BCUT2D eigenvalue weighted by Crippen LogP contribution is 2.15. The molecule has 2 heterocycles. The van der Waals surface area contributed by atoms with Crippen LogP contribution in [0.2, 0.25) is 0 Å². The lowest BCUT2D eigenvalue weighted by Crippen LogP contribution is -2.41. The minimum Gasteiger partial charge on any atom is -0.497 e. The monoisotopic (exact) mass is 751 g/mol. The van der Waals surface area contributed by atoms with Gasteiger partial charge in [-0.2, -0.15) is 9.36 Å². The molecule has 0 aliphatic rings. The number of aromatic nitrogens is 6. The number of nitrogens with zero attached hydrogens (tertiary/aromatic N) is 6. The van der Waals surface area contributed by atoms with Crippen molar-refractivity contribution in [2.45, 2.75) is 32.9 Å². The van der Waals surface area contributed by atoms with E-state index in [1.165, 1.54) is 33.3 Å². The third-order valence-electron chi connectivity index (χ3n) is 8.16. The Morgan fingerprint density at radius 3 is 1.75 bits per heavy atom. The minimum absolute atomic E-state index is 0.134. The van der Waals surface area contributed by atoms with Crippen molar-refractivity contribution >= 4 is 11.6 Å². The van der Waals surface area contributed by atoms with E-state index >= 15 is 0 Å². The van der Waals surface area contributed by atoms with E-state index in [1.807, 2.05) is 30.3 Å². The maximum absolute atomic E-state index is 13.0. The van der Waals surface area contributed by atoms with Crippen molar-refractivity contribution in [2.24, 2.45) is 0 Å². The van der Waals surface area contributed by atoms with Crippen molar-refractivity contribution in [1.82, 2.24) is 28.7 Å². The van der Waals surface area contributed by atoms with Gasteiger partial charge in [0.1, 0.15) is 11.6 Å². The van der Waals surface area contributed by atoms with Gasteiger partial charge in [-0.25, -0.2) is 14.0 Å². The van der Waals surface area contributed by atoms with Gasteiger partial charge in [-0.05, 0) is 78.6 Å². The Labute approximate surface area is 313 Å². The second-order valence-corrected chi connectivity index (χ2v) is 11.9. The Kier molecular flexibility index (Phi) is 12.9. The molecule has 0 unspecified atom stereocenters. The first-order chi connectivity index (χ1) is 26.5. The Balaban J connectivity index is 0.000000214. The second-order valence-electron chi connectivity index (χ2n) is 11.9. The summed E-state index contributed by atoms with van der Waals surface area (Å²) >= 11 is 0. The van der Waals surface area contributed by atoms with Gasteiger partial charge in [-0.15, -0.1) is 10.2 Å². The lowest BCUT2D eigenvalue weighted by atomic mass is 10.1. The number of nitrogens with one attached hydrogen (secondary N) is 1. The smallest absolute Gasteiger partial charge is 0.352 e. The third kappa shape index (κ3) is 9.67. The average molecular weight is 752 g/mol. The zero-order chi connectivity index (χ0) is 39.5. The first-order valence-corrected chi connectivity index (χ1v) is 16.9. The van der Waals surface area contributed by atoms with E-state index in [-0.39, 0.29) is 36.6 Å². The molecule has 0 atom stereocenters. The number of para-hydroxylation sites is 1. The summed E-state index contributed by atoms with van der Waals surface area (Å²) in [5, 5.41) is 10.7. The third-order valence-corrected chi connectivity index (χ3v) is 8.16. The highest BCUT2D eigenvalue weighted by Gasteiger charge is 2.17. The fourth-order valence-corrected chi connectivity index (χ4v) is 5.42. The van der Waals surface area contributed by atoms with Crippen molar-refractivity contribution in [3.63, 3.8) is 0 Å². The lowest BCUT2D eigenvalue weighted by Gasteiger charge is -2.12. The van der Waals surface area contributed by atoms with E-state index in [9.17, 15) is 28.4 Å². The summed E-state index contributed by atoms with van der Waals surface area (Å²) in [5.74, 6) is -0.252. The molecule has 0 bridgehead atoms. The number of anilines is 1. The number of carbonyl (C=O) groups excluding carboxylic acids is 1. The summed E-state index contributed by atoms with van der Waals surface area (Å²) in [6, 6.07) is 28.7. The van der Waals surface area contributed by atoms with Gasteiger partial charge in [0.25, 0.3) is 11.8 Å². The van der Waals surface area contributed by atoms with E-state index in [0.717, 1.165) is 29.6 Å². The number of rotatable bonds is 12. The Hall–Kier alpha value is -7.10. The number of methoxy groups -OCH3 is 3. The summed E-state index contributed by atoms with van der Waals surface area (Å²) < 4.78 is 32.7. The van der Waals surface area contributed by atoms with Crippen molar-refractivity contribution in [1.29, 1.82) is 0 Å². The molecular formula is C39H38FN7O8. The predicted octanol–water partition coefficient (Wildman–Crippen LogP) is 3.40. The molecule has 6 aromatic rings. The molecule has 55 heavy (non-hydrogen) atoms. The van der Waals surface area contributed by atoms with Gasteiger partial charge in [0.05, 0.1) is 32.7 Å². The second kappa shape index (κ2) is 18.1. The number of halogens is 1. The van der Waals surface area contributed by atoms with Crippen LogP contribution in [0.4, 0.5) is 10.1 Å². The highest BCUT2D eigenvalue weighted by atomic mass is 19.1. The summed E-state index contributed by atoms with van der Waals surface area (Å²) in [7, 11) is 4.22. The Morgan fingerprint density at radius 2 is 1.18 bits per heavy atom. The fraction of sp³-hybridized carbons (Fsp3) is 0.205. The van der Waals surface area contributed by atoms with Gasteiger partial charge >= 0.3 is 22.5 Å². The largest absolute Gasteiger partial charge is 0.497 e. The van der Waals surface area contributed by atoms with Crippen LogP contribution in [0, 0.1) is 5.82 Å². The molecule has 2 aromatic heterocycles. The lowest BCUT2D eigenvalue weighted by molar-refractivity contribution is -0.114. The Morgan fingerprint density at radius 1 is 0.636 bits per heavy atom. The van der Waals surface area contributed by atoms with Crippen molar-refractivity contribution in [2.75, 3.05) is 26.6 Å². The molecule has 15 nitrogen and oxygen atoms in total. The highest BCUT2D eigenvalue weighted by molar-refractivity contribution is 5.88. The number of benzene rings is 4. The van der Waals surface area contributed by atoms with Crippen LogP contribution in [0.3, 0.4) is 0 Å². The molecule has 0 fully saturated rings. The topological polar surface area (TPSA) is 171 Å². The van der Waals surface area contributed by atoms with E-state index in [1.54, 1.807) is 67.8 Å². The fourth-order valence-electron chi connectivity index (χ4n) is 5.42. The number of aryl methyl sites for hydroxylation is 2. The molecular weight excluding hydrogens is 713 g/mol. The molecule has 4 aromatic carbocycles. The standard InChI is InChI=1S/C21H22N4O5.C18H16FN3O3/c1-14(26)22-16-7-5-8-17(13-16)25-21(28)24(20(27)19(23-25)30-3)11-10-15-6-4-9-18(12-15)29-2;1-25-16-17(23)21(12-11-13-7-9-14(19)10-8-13)18(24)22(20-16)15-5-3-2-4-6-15/h4-9,12-13H,10-11H2,1-3H3,(H,22,26);2-10H,11-12H2,1H3. The normalized spacial score (nSPS) is 10.6. The van der Waals surface area contributed by atoms with Gasteiger partial charge < -0.3 is 19.5 Å². The molecule has 0 saturated carbocycles. The maximum atomic E-state index is 13.0. The molecule has 0 spiro atoms. The van der Waals surface area contributed by atoms with E-state index in [0.29, 0.717) is 35.7 Å². The number of carbonyl (C=O) groups is 1. The first-order valence-electron chi connectivity index (χ1n) is 16.9. The van der Waals surface area contributed by atoms with Crippen LogP contribution in [0.25, 0.3) is 11.4 Å². The van der Waals surface area contributed by atoms with Crippen LogP contribution in [0.15, 0.2) is 122 Å². The maximum Gasteiger partial charge on any atom is 0.352 e. The van der Waals surface area contributed by atoms with Gasteiger partial charge in [-0.1, -0.05) is 48.5 Å². The zero-order valence-corrected chi connectivity index (χ0v) is 30.5. The SMILES string of the molecule is COc1cccc(CCn2c(=O)c(OC)nn(-c3cccc(NC(C)=O)c3)c2=O)c1.COc1nn(-c2ccccc2)c(=O)n(CCc2ccc(F)cc2)c1=O. The number of hydrogen-bond acceptors (Lipinski definition) is 10. The molecule has 0 aliphatic heterocycles. The van der Waals surface area contributed by atoms with E-state index < -0.39 is 22.5 Å². The van der Waals surface area contributed by atoms with Gasteiger partial charge in [0.2, 0.25) is 5.91 Å². The quantitative estimate of drug-likeness (QED) is 0.196. The van der Waals surface area contributed by atoms with Crippen LogP contribution < -0.4 is 42.0 Å². The molecule has 0 saturated heterocycles. The number of hydrogen-bond donors (Lipinski definition) is 1. The molecule has 6 rings (SSSR count). The van der Waals surface area contributed by atoms with E-state index in [4.69, 9.17) is 14.2 Å². The number of ether oxygens (including phenoxy) is 3. The molecule has 16 heteroatoms. The first kappa shape index (κ1) is 39.1. The van der Waals surface area contributed by atoms with Crippen LogP contribution in [0.1, 0.15) is 18.1 Å². The summed E-state index contributed by atoms with van der Waals surface area (Å²) in [4.78, 5) is 62.1. The predicted molar refractivity (Wildman–Crippen MR) is 202 cm³/mol. The van der Waals surface area contributed by atoms with Crippen molar-refractivity contribution < 1.29 is 23.4 Å². The van der Waals surface area contributed by atoms with Crippen molar-refractivity contribution in [3.8, 4) is 28.9 Å². The summed E-state index contributed by atoms with van der Waals surface area (Å²) in [5.41, 5.74) is 0.775. The molecule has 1 amide bonds. The van der Waals surface area contributed by atoms with Gasteiger partial charge in [0, 0.05) is 25.7 Å². The van der Waals surface area contributed by atoms with Crippen LogP contribution in [0.5, 0.6) is 17.5 Å². The van der Waals surface area contributed by atoms with Crippen molar-refractivity contribution in [3.05, 3.63) is 162 Å². The van der Waals surface area contributed by atoms with Crippen LogP contribution in [-0.2, 0) is 30.7 Å². The molecule has 1 N–H and O–H groups in total. The van der Waals surface area contributed by atoms with Gasteiger partial charge in [0.15, 0.2) is 0 Å². The molecule has 284 valence electrons. The molecule has 0 aliphatic carbocycles. The Bertz CT molecular complexity index is 2510. The molecule has 0 radical (unpaired) electrons. The summed E-state index contributed by atoms with van der Waals surface area (Å²) in [6.45, 7) is 1.66. The minimum atomic E-state index is -0.611. The van der Waals surface area contributed by atoms with Crippen LogP contribution >= 0.6 is 0 Å². The number of amides is 1. The van der Waals surface area contributed by atoms with E-state index in [2.05, 4.69) is 15.5 Å². The van der Waals surface area contributed by atoms with Gasteiger partial charge in [-0.3, -0.25) is 23.5 Å². The average Bonchev–Trinajstić information content (AvgIpc) is 3.19.